The molecule has 3 heterocycles. The molecule has 3 aromatic rings. The number of nitrogens with zero attached hydrogens (tertiary/aromatic N) is 6. The van der Waals surface area contributed by atoms with Crippen LogP contribution in [-0.2, 0) is 24.9 Å². The number of hydrogen-bond donors (Lipinski definition) is 2. The van der Waals surface area contributed by atoms with Crippen molar-refractivity contribution in [3.05, 3.63) is 47.8 Å². The minimum Gasteiger partial charge on any atom is -0.477 e. The van der Waals surface area contributed by atoms with E-state index in [9.17, 15) is 9.59 Å². The number of anilines is 1. The Balaban J connectivity index is 1.63. The van der Waals surface area contributed by atoms with Gasteiger partial charge in [0, 0.05) is 31.2 Å². The molecule has 1 amide bonds. The summed E-state index contributed by atoms with van der Waals surface area (Å²) in [4.78, 5) is 23.1. The summed E-state index contributed by atoms with van der Waals surface area (Å²) in [6.07, 6.45) is 6.49. The number of aryl methyl sites for hydroxylation is 2. The molecule has 130 valence electrons. The molecule has 10 nitrogen and oxygen atoms in total. The Bertz CT molecular complexity index is 921. The Morgan fingerprint density at radius 2 is 2.08 bits per heavy atom. The maximum Gasteiger partial charge on any atom is 0.354 e. The predicted octanol–water partition coefficient (Wildman–Crippen LogP) is 0.507. The summed E-state index contributed by atoms with van der Waals surface area (Å²) in [5.41, 5.74) is 2.43. The fraction of sp³-hybridized carbons (Fsp3) is 0.267. The normalized spacial score (nSPS) is 10.8. The highest BCUT2D eigenvalue weighted by Gasteiger charge is 2.14. The van der Waals surface area contributed by atoms with Crippen molar-refractivity contribution >= 4 is 17.6 Å². The molecule has 0 radical (unpaired) electrons. The number of carbonyl (C=O) groups is 2. The van der Waals surface area contributed by atoms with Crippen LogP contribution in [0.4, 0.5) is 5.69 Å². The topological polar surface area (TPSA) is 120 Å². The van der Waals surface area contributed by atoms with Gasteiger partial charge in [-0.3, -0.25) is 14.2 Å². The van der Waals surface area contributed by atoms with Gasteiger partial charge in [0.1, 0.15) is 12.2 Å². The lowest BCUT2D eigenvalue weighted by Gasteiger charge is -2.04. The monoisotopic (exact) mass is 343 g/mol. The molecule has 3 aromatic heterocycles. The Hall–Kier alpha value is -3.43. The largest absolute Gasteiger partial charge is 0.477 e. The molecule has 0 aromatic carbocycles. The number of aromatic nitrogens is 6. The number of carboxylic acid groups (broad SMARTS) is 1. The first-order valence-electron chi connectivity index (χ1n) is 7.49. The van der Waals surface area contributed by atoms with Crippen LogP contribution >= 0.6 is 0 Å². The van der Waals surface area contributed by atoms with Crippen LogP contribution in [0.25, 0.3) is 0 Å². The number of nitrogens with one attached hydrogen (secondary N) is 1. The molecule has 0 aliphatic heterocycles. The van der Waals surface area contributed by atoms with E-state index in [1.54, 1.807) is 15.6 Å². The molecule has 0 saturated heterocycles. The van der Waals surface area contributed by atoms with E-state index >= 15 is 0 Å². The SMILES string of the molecule is Cc1nn(C)cc1Cn1cc(NC(=O)Cn2nccc2C(=O)O)cn1. The fourth-order valence-electron chi connectivity index (χ4n) is 2.47. The Morgan fingerprint density at radius 1 is 1.28 bits per heavy atom. The zero-order valence-electron chi connectivity index (χ0n) is 13.7. The number of amides is 1. The third kappa shape index (κ3) is 3.74. The average molecular weight is 343 g/mol. The van der Waals surface area contributed by atoms with Gasteiger partial charge in [0.2, 0.25) is 5.91 Å². The summed E-state index contributed by atoms with van der Waals surface area (Å²) in [6, 6.07) is 1.34. The summed E-state index contributed by atoms with van der Waals surface area (Å²) in [7, 11) is 1.85. The number of carboxylic acids is 1. The van der Waals surface area contributed by atoms with Crippen molar-refractivity contribution in [3.63, 3.8) is 0 Å². The number of aromatic carboxylic acids is 1. The summed E-state index contributed by atoms with van der Waals surface area (Å²) < 4.78 is 4.55. The molecule has 10 heteroatoms. The standard InChI is InChI=1S/C15H17N7O3/c1-10-11(6-20(2)19-10)7-21-8-12(5-17-21)18-14(23)9-22-13(15(24)25)3-4-16-22/h3-6,8H,7,9H2,1-2H3,(H,18,23)(H,24,25). The zero-order chi connectivity index (χ0) is 18.0. The van der Waals surface area contributed by atoms with Gasteiger partial charge in [0.25, 0.3) is 0 Å². The van der Waals surface area contributed by atoms with Crippen LogP contribution in [0.5, 0.6) is 0 Å². The average Bonchev–Trinajstić information content (AvgIpc) is 3.22. The van der Waals surface area contributed by atoms with Crippen LogP contribution < -0.4 is 5.32 Å². The summed E-state index contributed by atoms with van der Waals surface area (Å²) in [6.45, 7) is 2.27. The quantitative estimate of drug-likeness (QED) is 0.673. The van der Waals surface area contributed by atoms with E-state index in [4.69, 9.17) is 5.11 Å². The van der Waals surface area contributed by atoms with E-state index < -0.39 is 5.97 Å². The highest BCUT2D eigenvalue weighted by molar-refractivity contribution is 5.91. The van der Waals surface area contributed by atoms with E-state index in [1.165, 1.54) is 18.5 Å². The molecule has 0 spiro atoms. The van der Waals surface area contributed by atoms with Gasteiger partial charge >= 0.3 is 5.97 Å². The van der Waals surface area contributed by atoms with E-state index in [-0.39, 0.29) is 18.1 Å². The number of hydrogen-bond acceptors (Lipinski definition) is 5. The van der Waals surface area contributed by atoms with Crippen LogP contribution in [0.1, 0.15) is 21.7 Å². The molecule has 3 rings (SSSR count). The van der Waals surface area contributed by atoms with E-state index in [0.717, 1.165) is 15.9 Å². The lowest BCUT2D eigenvalue weighted by atomic mass is 10.3. The second kappa shape index (κ2) is 6.59. The highest BCUT2D eigenvalue weighted by Crippen LogP contribution is 2.10. The molecule has 25 heavy (non-hydrogen) atoms. The van der Waals surface area contributed by atoms with Gasteiger partial charge in [-0.25, -0.2) is 9.48 Å². The summed E-state index contributed by atoms with van der Waals surface area (Å²) in [5.74, 6) is -1.52. The molecule has 0 atom stereocenters. The van der Waals surface area contributed by atoms with Crippen molar-refractivity contribution in [2.75, 3.05) is 5.32 Å². The van der Waals surface area contributed by atoms with E-state index in [1.807, 2.05) is 20.2 Å². The van der Waals surface area contributed by atoms with Gasteiger partial charge in [0.15, 0.2) is 0 Å². The maximum atomic E-state index is 12.1. The van der Waals surface area contributed by atoms with Crippen LogP contribution in [0.3, 0.4) is 0 Å². The molecule has 2 N–H and O–H groups in total. The first-order valence-corrected chi connectivity index (χ1v) is 7.49. The molecule has 0 aliphatic rings. The number of carbonyl (C=O) groups excluding carboxylic acids is 1. The lowest BCUT2D eigenvalue weighted by Crippen LogP contribution is -2.22. The first-order chi connectivity index (χ1) is 11.9. The molecule has 0 aliphatic carbocycles. The molecule has 0 fully saturated rings. The smallest absolute Gasteiger partial charge is 0.354 e. The second-order valence-corrected chi connectivity index (χ2v) is 5.57. The van der Waals surface area contributed by atoms with Crippen molar-refractivity contribution < 1.29 is 14.7 Å². The lowest BCUT2D eigenvalue weighted by molar-refractivity contribution is -0.116. The van der Waals surface area contributed by atoms with Crippen molar-refractivity contribution in [2.45, 2.75) is 20.0 Å². The van der Waals surface area contributed by atoms with Crippen LogP contribution in [0, 0.1) is 6.92 Å². The van der Waals surface area contributed by atoms with Gasteiger partial charge in [0.05, 0.1) is 24.1 Å². The molecule has 0 bridgehead atoms. The second-order valence-electron chi connectivity index (χ2n) is 5.57. The molecular weight excluding hydrogens is 326 g/mol. The molecular formula is C15H17N7O3. The van der Waals surface area contributed by atoms with E-state index in [2.05, 4.69) is 20.6 Å². The maximum absolute atomic E-state index is 12.1. The molecule has 0 unspecified atom stereocenters. The van der Waals surface area contributed by atoms with Gasteiger partial charge in [-0.2, -0.15) is 15.3 Å². The van der Waals surface area contributed by atoms with Gasteiger partial charge in [-0.05, 0) is 13.0 Å². The predicted molar refractivity (Wildman–Crippen MR) is 87.1 cm³/mol. The Labute approximate surface area is 142 Å². The molecule has 0 saturated carbocycles. The van der Waals surface area contributed by atoms with Gasteiger partial charge in [-0.1, -0.05) is 0 Å². The highest BCUT2D eigenvalue weighted by atomic mass is 16.4. The van der Waals surface area contributed by atoms with Crippen LogP contribution in [-0.4, -0.2) is 46.3 Å². The van der Waals surface area contributed by atoms with Crippen LogP contribution in [0.2, 0.25) is 0 Å². The minimum atomic E-state index is -1.13. The van der Waals surface area contributed by atoms with Crippen LogP contribution in [0.15, 0.2) is 30.9 Å². The Kier molecular flexibility index (Phi) is 4.33. The zero-order valence-corrected chi connectivity index (χ0v) is 13.7. The van der Waals surface area contributed by atoms with Crippen molar-refractivity contribution in [2.24, 2.45) is 7.05 Å². The minimum absolute atomic E-state index is 0.0436. The Morgan fingerprint density at radius 3 is 2.76 bits per heavy atom. The van der Waals surface area contributed by atoms with Crippen molar-refractivity contribution in [1.82, 2.24) is 29.3 Å². The summed E-state index contributed by atoms with van der Waals surface area (Å²) in [5, 5.41) is 24.0. The summed E-state index contributed by atoms with van der Waals surface area (Å²) >= 11 is 0. The van der Waals surface area contributed by atoms with Gasteiger partial charge in [-0.15, -0.1) is 0 Å². The fourth-order valence-corrected chi connectivity index (χ4v) is 2.47. The van der Waals surface area contributed by atoms with Crippen molar-refractivity contribution in [3.8, 4) is 0 Å². The third-order valence-electron chi connectivity index (χ3n) is 3.59. The number of rotatable bonds is 6. The third-order valence-corrected chi connectivity index (χ3v) is 3.59. The van der Waals surface area contributed by atoms with Crippen molar-refractivity contribution in [1.29, 1.82) is 0 Å². The first kappa shape index (κ1) is 16.4. The van der Waals surface area contributed by atoms with Gasteiger partial charge < -0.3 is 10.4 Å². The van der Waals surface area contributed by atoms with E-state index in [0.29, 0.717) is 12.2 Å².